The van der Waals surface area contributed by atoms with Crippen LogP contribution in [0.1, 0.15) is 71.6 Å². The van der Waals surface area contributed by atoms with Crippen LogP contribution in [0.3, 0.4) is 0 Å². The lowest BCUT2D eigenvalue weighted by molar-refractivity contribution is -0.0664. The van der Waals surface area contributed by atoms with Gasteiger partial charge in [0.05, 0.1) is 17.1 Å². The number of hydrogen-bond donors (Lipinski definition) is 1. The van der Waals surface area contributed by atoms with Crippen molar-refractivity contribution >= 4 is 0 Å². The van der Waals surface area contributed by atoms with E-state index in [2.05, 4.69) is 19.9 Å². The highest BCUT2D eigenvalue weighted by Gasteiger charge is 2.52. The summed E-state index contributed by atoms with van der Waals surface area (Å²) < 4.78 is 0. The van der Waals surface area contributed by atoms with Crippen LogP contribution in [0.15, 0.2) is 0 Å². The van der Waals surface area contributed by atoms with Gasteiger partial charge in [-0.05, 0) is 43.9 Å². The van der Waals surface area contributed by atoms with Crippen LogP contribution < -0.4 is 0 Å². The van der Waals surface area contributed by atoms with Crippen molar-refractivity contribution < 1.29 is 5.11 Å². The highest BCUT2D eigenvalue weighted by atomic mass is 16.3. The molecule has 0 amide bonds. The first-order valence-corrected chi connectivity index (χ1v) is 7.07. The monoisotopic (exact) mass is 235 g/mol. The molecule has 0 heterocycles. The molecule has 0 aromatic carbocycles. The molecule has 2 fully saturated rings. The molecule has 1 atom stereocenters. The Morgan fingerprint density at radius 1 is 0.882 bits per heavy atom. The molecule has 2 saturated carbocycles. The van der Waals surface area contributed by atoms with Crippen LogP contribution in [0.2, 0.25) is 0 Å². The Labute approximate surface area is 105 Å². The fourth-order valence-electron chi connectivity index (χ4n) is 3.79. The zero-order chi connectivity index (χ0) is 12.6. The zero-order valence-corrected chi connectivity index (χ0v) is 11.3. The van der Waals surface area contributed by atoms with Gasteiger partial charge in [0.2, 0.25) is 0 Å². The maximum Gasteiger partial charge on any atom is 0.0860 e. The molecular formula is C15H25NO. The largest absolute Gasteiger partial charge is 0.388 e. The van der Waals surface area contributed by atoms with Gasteiger partial charge in [-0.15, -0.1) is 0 Å². The quantitative estimate of drug-likeness (QED) is 0.703. The molecule has 0 spiro atoms. The number of nitriles is 1. The van der Waals surface area contributed by atoms with Gasteiger partial charge in [-0.25, -0.2) is 0 Å². The third-order valence-corrected chi connectivity index (χ3v) is 5.22. The SMILES string of the molecule is CC1(C)CCCC(O)(C2(C#N)CCCC2)CC1. The first-order chi connectivity index (χ1) is 7.93. The Morgan fingerprint density at radius 2 is 1.53 bits per heavy atom. The average Bonchev–Trinajstić information content (AvgIpc) is 2.71. The molecule has 0 radical (unpaired) electrons. The summed E-state index contributed by atoms with van der Waals surface area (Å²) >= 11 is 0. The van der Waals surface area contributed by atoms with Crippen molar-refractivity contribution in [2.45, 2.75) is 77.2 Å². The third kappa shape index (κ3) is 2.22. The summed E-state index contributed by atoms with van der Waals surface area (Å²) in [5.74, 6) is 0. The molecule has 0 saturated heterocycles. The fraction of sp³-hybridized carbons (Fsp3) is 0.933. The summed E-state index contributed by atoms with van der Waals surface area (Å²) in [4.78, 5) is 0. The maximum absolute atomic E-state index is 11.0. The molecule has 2 nitrogen and oxygen atoms in total. The molecule has 0 aromatic rings. The van der Waals surface area contributed by atoms with E-state index < -0.39 is 11.0 Å². The molecule has 1 N–H and O–H groups in total. The van der Waals surface area contributed by atoms with E-state index in [1.165, 1.54) is 6.42 Å². The van der Waals surface area contributed by atoms with E-state index in [0.29, 0.717) is 5.41 Å². The van der Waals surface area contributed by atoms with Crippen LogP contribution in [-0.2, 0) is 0 Å². The van der Waals surface area contributed by atoms with Crippen molar-refractivity contribution in [2.75, 3.05) is 0 Å². The Hall–Kier alpha value is -0.550. The second-order valence-electron chi connectivity index (χ2n) is 6.95. The molecule has 96 valence electrons. The molecular weight excluding hydrogens is 210 g/mol. The summed E-state index contributed by atoms with van der Waals surface area (Å²) in [5, 5.41) is 20.6. The summed E-state index contributed by atoms with van der Waals surface area (Å²) in [6, 6.07) is 2.49. The van der Waals surface area contributed by atoms with E-state index in [1.807, 2.05) is 0 Å². The Morgan fingerprint density at radius 3 is 2.12 bits per heavy atom. The molecule has 0 aromatic heterocycles. The molecule has 1 unspecified atom stereocenters. The minimum absolute atomic E-state index is 0.333. The second-order valence-corrected chi connectivity index (χ2v) is 6.95. The van der Waals surface area contributed by atoms with E-state index in [9.17, 15) is 10.4 Å². The topological polar surface area (TPSA) is 44.0 Å². The van der Waals surface area contributed by atoms with Crippen LogP contribution in [0.5, 0.6) is 0 Å². The molecule has 2 aliphatic rings. The van der Waals surface area contributed by atoms with E-state index >= 15 is 0 Å². The highest BCUT2D eigenvalue weighted by Crippen LogP contribution is 2.53. The maximum atomic E-state index is 11.0. The number of aliphatic hydroxyl groups is 1. The standard InChI is InChI=1S/C15H25NO/c1-13(2)6-5-9-15(17,11-10-13)14(12-16)7-3-4-8-14/h17H,3-11H2,1-2H3. The highest BCUT2D eigenvalue weighted by molar-refractivity contribution is 5.14. The lowest BCUT2D eigenvalue weighted by Gasteiger charge is -2.40. The van der Waals surface area contributed by atoms with Gasteiger partial charge in [0, 0.05) is 0 Å². The molecule has 2 rings (SSSR count). The van der Waals surface area contributed by atoms with Crippen molar-refractivity contribution in [3.63, 3.8) is 0 Å². The lowest BCUT2D eigenvalue weighted by atomic mass is 9.67. The van der Waals surface area contributed by atoms with Crippen molar-refractivity contribution in [3.8, 4) is 6.07 Å². The molecule has 2 heteroatoms. The van der Waals surface area contributed by atoms with E-state index in [-0.39, 0.29) is 0 Å². The average molecular weight is 235 g/mol. The first kappa shape index (κ1) is 12.9. The summed E-state index contributed by atoms with van der Waals surface area (Å²) in [5.41, 5.74) is -0.820. The van der Waals surface area contributed by atoms with E-state index in [1.54, 1.807) is 0 Å². The molecule has 0 bridgehead atoms. The predicted molar refractivity (Wildman–Crippen MR) is 68.3 cm³/mol. The van der Waals surface area contributed by atoms with Gasteiger partial charge in [-0.2, -0.15) is 5.26 Å². The molecule has 0 aliphatic heterocycles. The summed E-state index contributed by atoms with van der Waals surface area (Å²) in [6.45, 7) is 4.57. The van der Waals surface area contributed by atoms with Crippen LogP contribution in [-0.4, -0.2) is 10.7 Å². The van der Waals surface area contributed by atoms with Gasteiger partial charge in [0.15, 0.2) is 0 Å². The molecule has 2 aliphatic carbocycles. The predicted octanol–water partition coefficient (Wildman–Crippen LogP) is 3.79. The molecule has 17 heavy (non-hydrogen) atoms. The third-order valence-electron chi connectivity index (χ3n) is 5.22. The van der Waals surface area contributed by atoms with Gasteiger partial charge in [0.1, 0.15) is 0 Å². The van der Waals surface area contributed by atoms with Gasteiger partial charge in [0.25, 0.3) is 0 Å². The minimum atomic E-state index is -0.716. The summed E-state index contributed by atoms with van der Waals surface area (Å²) in [6.07, 6.45) is 8.95. The summed E-state index contributed by atoms with van der Waals surface area (Å²) in [7, 11) is 0. The zero-order valence-electron chi connectivity index (χ0n) is 11.3. The van der Waals surface area contributed by atoms with E-state index in [0.717, 1.165) is 51.4 Å². The number of nitrogens with zero attached hydrogens (tertiary/aromatic N) is 1. The fourth-order valence-corrected chi connectivity index (χ4v) is 3.79. The normalized spacial score (nSPS) is 36.1. The Bertz CT molecular complexity index is 322. The van der Waals surface area contributed by atoms with Crippen LogP contribution >= 0.6 is 0 Å². The number of hydrogen-bond acceptors (Lipinski definition) is 2. The van der Waals surface area contributed by atoms with E-state index in [4.69, 9.17) is 0 Å². The first-order valence-electron chi connectivity index (χ1n) is 7.07. The van der Waals surface area contributed by atoms with Crippen molar-refractivity contribution in [3.05, 3.63) is 0 Å². The Balaban J connectivity index is 2.21. The minimum Gasteiger partial charge on any atom is -0.388 e. The van der Waals surface area contributed by atoms with Crippen molar-refractivity contribution in [1.29, 1.82) is 5.26 Å². The van der Waals surface area contributed by atoms with Crippen molar-refractivity contribution in [2.24, 2.45) is 10.8 Å². The Kier molecular flexibility index (Phi) is 3.25. The number of rotatable bonds is 1. The smallest absolute Gasteiger partial charge is 0.0860 e. The van der Waals surface area contributed by atoms with Crippen LogP contribution in [0.25, 0.3) is 0 Å². The lowest BCUT2D eigenvalue weighted by Crippen LogP contribution is -2.45. The second kappa shape index (κ2) is 4.28. The van der Waals surface area contributed by atoms with Gasteiger partial charge >= 0.3 is 0 Å². The van der Waals surface area contributed by atoms with Crippen LogP contribution in [0, 0.1) is 22.2 Å². The van der Waals surface area contributed by atoms with Crippen LogP contribution in [0.4, 0.5) is 0 Å². The van der Waals surface area contributed by atoms with Gasteiger partial charge in [-0.3, -0.25) is 0 Å². The van der Waals surface area contributed by atoms with Gasteiger partial charge < -0.3 is 5.11 Å². The van der Waals surface area contributed by atoms with Gasteiger partial charge in [-0.1, -0.05) is 33.1 Å². The van der Waals surface area contributed by atoms with Crippen molar-refractivity contribution in [1.82, 2.24) is 0 Å².